The maximum Gasteiger partial charge on any atom is 0.115 e. The summed E-state index contributed by atoms with van der Waals surface area (Å²) in [5.41, 5.74) is 2.46. The molecule has 106 valence electrons. The Hall–Kier alpha value is -1.32. The predicted molar refractivity (Wildman–Crippen MR) is 86.8 cm³/mol. The molecule has 0 saturated carbocycles. The molecular weight excluding hydrogens is 314 g/mol. The van der Waals surface area contributed by atoms with Crippen LogP contribution in [0.3, 0.4) is 0 Å². The first-order chi connectivity index (χ1) is 9.60. The van der Waals surface area contributed by atoms with Crippen molar-refractivity contribution in [2.75, 3.05) is 0 Å². The number of aromatic hydroxyl groups is 1. The van der Waals surface area contributed by atoms with Gasteiger partial charge in [-0.3, -0.25) is 0 Å². The number of rotatable bonds is 5. The molecule has 0 fully saturated rings. The molecule has 0 heterocycles. The average molecular weight is 334 g/mol. The van der Waals surface area contributed by atoms with Gasteiger partial charge in [-0.1, -0.05) is 47.1 Å². The molecule has 2 atom stereocenters. The van der Waals surface area contributed by atoms with E-state index in [1.54, 1.807) is 12.1 Å². The van der Waals surface area contributed by atoms with Crippen molar-refractivity contribution >= 4 is 15.9 Å². The van der Waals surface area contributed by atoms with Crippen LogP contribution in [0.25, 0.3) is 0 Å². The molecule has 2 N–H and O–H groups in total. The van der Waals surface area contributed by atoms with Gasteiger partial charge in [0.25, 0.3) is 0 Å². The highest BCUT2D eigenvalue weighted by Gasteiger charge is 2.13. The van der Waals surface area contributed by atoms with Crippen LogP contribution in [0.15, 0.2) is 53.0 Å². The number of halogens is 1. The predicted octanol–water partition coefficient (Wildman–Crippen LogP) is 4.96. The second kappa shape index (κ2) is 6.91. The minimum atomic E-state index is 0.270. The van der Waals surface area contributed by atoms with E-state index < -0.39 is 0 Å². The summed E-state index contributed by atoms with van der Waals surface area (Å²) in [6.07, 6.45) is 1.00. The lowest BCUT2D eigenvalue weighted by molar-refractivity contribution is 0.453. The largest absolute Gasteiger partial charge is 0.508 e. The van der Waals surface area contributed by atoms with Crippen LogP contribution < -0.4 is 5.32 Å². The summed E-state index contributed by atoms with van der Waals surface area (Å²) in [5, 5.41) is 13.0. The van der Waals surface area contributed by atoms with Crippen LogP contribution in [-0.4, -0.2) is 5.11 Å². The molecule has 2 aromatic rings. The summed E-state index contributed by atoms with van der Waals surface area (Å²) in [4.78, 5) is 0. The molecule has 0 aromatic heterocycles. The number of phenols is 1. The molecule has 0 radical (unpaired) electrons. The van der Waals surface area contributed by atoms with Gasteiger partial charge >= 0.3 is 0 Å². The summed E-state index contributed by atoms with van der Waals surface area (Å²) in [6, 6.07) is 16.3. The highest BCUT2D eigenvalue weighted by molar-refractivity contribution is 9.10. The van der Waals surface area contributed by atoms with E-state index in [1.165, 1.54) is 11.1 Å². The zero-order chi connectivity index (χ0) is 14.5. The van der Waals surface area contributed by atoms with Gasteiger partial charge in [0.05, 0.1) is 0 Å². The molecule has 2 aromatic carbocycles. The van der Waals surface area contributed by atoms with Crippen LogP contribution in [-0.2, 0) is 0 Å². The topological polar surface area (TPSA) is 32.3 Å². The zero-order valence-electron chi connectivity index (χ0n) is 11.8. The van der Waals surface area contributed by atoms with Gasteiger partial charge in [0.2, 0.25) is 0 Å². The van der Waals surface area contributed by atoms with Gasteiger partial charge in [0, 0.05) is 16.6 Å². The number of benzene rings is 2. The highest BCUT2D eigenvalue weighted by atomic mass is 79.9. The van der Waals surface area contributed by atoms with Crippen LogP contribution >= 0.6 is 15.9 Å². The van der Waals surface area contributed by atoms with Gasteiger partial charge in [0.15, 0.2) is 0 Å². The van der Waals surface area contributed by atoms with Gasteiger partial charge < -0.3 is 10.4 Å². The zero-order valence-corrected chi connectivity index (χ0v) is 13.4. The quantitative estimate of drug-likeness (QED) is 0.810. The average Bonchev–Trinajstić information content (AvgIpc) is 2.45. The second-order valence-corrected chi connectivity index (χ2v) is 5.91. The Bertz CT molecular complexity index is 553. The fourth-order valence-corrected chi connectivity index (χ4v) is 2.75. The minimum Gasteiger partial charge on any atom is -0.508 e. The highest BCUT2D eigenvalue weighted by Crippen LogP contribution is 2.24. The van der Waals surface area contributed by atoms with Crippen molar-refractivity contribution in [3.8, 4) is 5.75 Å². The molecule has 0 bridgehead atoms. The van der Waals surface area contributed by atoms with Gasteiger partial charge in [-0.15, -0.1) is 0 Å². The molecule has 0 amide bonds. The maximum absolute atomic E-state index is 9.38. The van der Waals surface area contributed by atoms with E-state index in [2.05, 4.69) is 53.3 Å². The Kier molecular flexibility index (Phi) is 5.21. The Labute approximate surface area is 129 Å². The first kappa shape index (κ1) is 15.1. The summed E-state index contributed by atoms with van der Waals surface area (Å²) in [6.45, 7) is 4.34. The van der Waals surface area contributed by atoms with E-state index in [0.717, 1.165) is 10.9 Å². The maximum atomic E-state index is 9.38. The van der Waals surface area contributed by atoms with Crippen molar-refractivity contribution in [2.45, 2.75) is 32.4 Å². The third-order valence-electron chi connectivity index (χ3n) is 3.50. The second-order valence-electron chi connectivity index (χ2n) is 5.00. The van der Waals surface area contributed by atoms with Crippen molar-refractivity contribution in [2.24, 2.45) is 0 Å². The van der Waals surface area contributed by atoms with Crippen molar-refractivity contribution < 1.29 is 5.11 Å². The SMILES string of the molecule is CCC(N[C@H](C)c1cccc(Br)c1)c1ccc(O)cc1. The van der Waals surface area contributed by atoms with Gasteiger partial charge in [0.1, 0.15) is 5.75 Å². The Morgan fingerprint density at radius 2 is 1.80 bits per heavy atom. The van der Waals surface area contributed by atoms with E-state index in [9.17, 15) is 5.11 Å². The lowest BCUT2D eigenvalue weighted by Crippen LogP contribution is -2.24. The Balaban J connectivity index is 2.11. The first-order valence-corrected chi connectivity index (χ1v) is 7.70. The van der Waals surface area contributed by atoms with Gasteiger partial charge in [-0.05, 0) is 48.7 Å². The molecule has 1 unspecified atom stereocenters. The van der Waals surface area contributed by atoms with Crippen LogP contribution in [0.2, 0.25) is 0 Å². The standard InChI is InChI=1S/C17H20BrNO/c1-3-17(13-7-9-16(20)10-8-13)19-12(2)14-5-4-6-15(18)11-14/h4-12,17,19-20H,3H2,1-2H3/t12-,17?/m1/s1. The summed E-state index contributed by atoms with van der Waals surface area (Å²) in [5.74, 6) is 0.309. The molecule has 0 aliphatic heterocycles. The molecule has 0 spiro atoms. The number of nitrogens with one attached hydrogen (secondary N) is 1. The monoisotopic (exact) mass is 333 g/mol. The number of hydrogen-bond donors (Lipinski definition) is 2. The Morgan fingerprint density at radius 3 is 2.40 bits per heavy atom. The summed E-state index contributed by atoms with van der Waals surface area (Å²) >= 11 is 3.51. The summed E-state index contributed by atoms with van der Waals surface area (Å²) < 4.78 is 1.10. The lowest BCUT2D eigenvalue weighted by Gasteiger charge is -2.23. The summed E-state index contributed by atoms with van der Waals surface area (Å²) in [7, 11) is 0. The van der Waals surface area contributed by atoms with E-state index in [-0.39, 0.29) is 12.1 Å². The lowest BCUT2D eigenvalue weighted by atomic mass is 10.0. The van der Waals surface area contributed by atoms with Crippen molar-refractivity contribution in [3.05, 3.63) is 64.1 Å². The van der Waals surface area contributed by atoms with Gasteiger partial charge in [-0.25, -0.2) is 0 Å². The first-order valence-electron chi connectivity index (χ1n) is 6.90. The number of hydrogen-bond acceptors (Lipinski definition) is 2. The fourth-order valence-electron chi connectivity index (χ4n) is 2.33. The van der Waals surface area contributed by atoms with Crippen LogP contribution in [0.5, 0.6) is 5.75 Å². The van der Waals surface area contributed by atoms with Gasteiger partial charge in [-0.2, -0.15) is 0 Å². The van der Waals surface area contributed by atoms with Crippen LogP contribution in [0.4, 0.5) is 0 Å². The molecular formula is C17H20BrNO. The van der Waals surface area contributed by atoms with E-state index in [0.29, 0.717) is 5.75 Å². The minimum absolute atomic E-state index is 0.270. The van der Waals surface area contributed by atoms with E-state index in [1.807, 2.05) is 18.2 Å². The molecule has 0 aliphatic carbocycles. The molecule has 0 saturated heterocycles. The third-order valence-corrected chi connectivity index (χ3v) is 4.00. The van der Waals surface area contributed by atoms with Crippen LogP contribution in [0, 0.1) is 0 Å². The Morgan fingerprint density at radius 1 is 1.10 bits per heavy atom. The van der Waals surface area contributed by atoms with Crippen molar-refractivity contribution in [1.82, 2.24) is 5.32 Å². The molecule has 0 aliphatic rings. The van der Waals surface area contributed by atoms with Crippen molar-refractivity contribution in [3.63, 3.8) is 0 Å². The van der Waals surface area contributed by atoms with Crippen LogP contribution in [0.1, 0.15) is 43.5 Å². The normalized spacial score (nSPS) is 13.9. The number of phenolic OH excluding ortho intramolecular Hbond substituents is 1. The molecule has 2 rings (SSSR count). The van der Waals surface area contributed by atoms with Crippen molar-refractivity contribution in [1.29, 1.82) is 0 Å². The molecule has 3 heteroatoms. The smallest absolute Gasteiger partial charge is 0.115 e. The fraction of sp³-hybridized carbons (Fsp3) is 0.294. The third kappa shape index (κ3) is 3.84. The van der Waals surface area contributed by atoms with E-state index in [4.69, 9.17) is 0 Å². The molecule has 20 heavy (non-hydrogen) atoms. The van der Waals surface area contributed by atoms with E-state index >= 15 is 0 Å². The molecule has 2 nitrogen and oxygen atoms in total.